The van der Waals surface area contributed by atoms with E-state index >= 15 is 0 Å². The number of nitrogens with zero attached hydrogens (tertiary/aromatic N) is 2. The minimum atomic E-state index is -4.55. The van der Waals surface area contributed by atoms with Gasteiger partial charge in [-0.3, -0.25) is 4.79 Å². The Morgan fingerprint density at radius 3 is 2.29 bits per heavy atom. The maximum absolute atomic E-state index is 13.2. The quantitative estimate of drug-likeness (QED) is 0.669. The summed E-state index contributed by atoms with van der Waals surface area (Å²) in [6.45, 7) is 4.42. The van der Waals surface area contributed by atoms with Gasteiger partial charge in [0.25, 0.3) is 5.91 Å². The van der Waals surface area contributed by atoms with Crippen molar-refractivity contribution in [1.82, 2.24) is 15.1 Å². The molecule has 2 aromatic carbocycles. The second-order valence-corrected chi connectivity index (χ2v) is 6.49. The fourth-order valence-corrected chi connectivity index (χ4v) is 2.74. The van der Waals surface area contributed by atoms with Crippen LogP contribution in [0.1, 0.15) is 35.0 Å². The fourth-order valence-electron chi connectivity index (χ4n) is 2.74. The van der Waals surface area contributed by atoms with E-state index in [1.807, 2.05) is 26.0 Å². The van der Waals surface area contributed by atoms with Gasteiger partial charge < -0.3 is 5.32 Å². The molecule has 0 atom stereocenters. The topological polar surface area (TPSA) is 46.9 Å². The average molecular weight is 387 g/mol. The summed E-state index contributed by atoms with van der Waals surface area (Å²) in [6.07, 6.45) is -3.73. The summed E-state index contributed by atoms with van der Waals surface area (Å²) in [4.78, 5) is 12.0. The lowest BCUT2D eigenvalue weighted by Crippen LogP contribution is -2.23. The number of alkyl halides is 3. The van der Waals surface area contributed by atoms with Gasteiger partial charge in [0.2, 0.25) is 0 Å². The Balaban J connectivity index is 2.01. The molecule has 4 nitrogen and oxygen atoms in total. The number of halogens is 3. The molecule has 1 amide bonds. The van der Waals surface area contributed by atoms with Crippen LogP contribution in [0.3, 0.4) is 0 Å². The van der Waals surface area contributed by atoms with Gasteiger partial charge in [-0.05, 0) is 43.7 Å². The molecule has 3 rings (SSSR count). The van der Waals surface area contributed by atoms with E-state index < -0.39 is 11.9 Å². The number of amides is 1. The Morgan fingerprint density at radius 1 is 1.07 bits per heavy atom. The molecule has 0 saturated carbocycles. The van der Waals surface area contributed by atoms with Crippen LogP contribution in [0.5, 0.6) is 0 Å². The van der Waals surface area contributed by atoms with Gasteiger partial charge in [-0.1, -0.05) is 36.8 Å². The number of aromatic nitrogens is 2. The van der Waals surface area contributed by atoms with Gasteiger partial charge in [-0.2, -0.15) is 18.3 Å². The molecular weight excluding hydrogens is 367 g/mol. The van der Waals surface area contributed by atoms with E-state index in [1.165, 1.54) is 4.68 Å². The third-order valence-corrected chi connectivity index (χ3v) is 4.26. The summed E-state index contributed by atoms with van der Waals surface area (Å²) in [7, 11) is 0. The first-order valence-corrected chi connectivity index (χ1v) is 8.92. The molecule has 146 valence electrons. The summed E-state index contributed by atoms with van der Waals surface area (Å²) in [5.74, 6) is -0.219. The molecule has 0 aliphatic heterocycles. The van der Waals surface area contributed by atoms with Gasteiger partial charge in [0.1, 0.15) is 0 Å². The molecule has 3 aromatic rings. The van der Waals surface area contributed by atoms with Crippen molar-refractivity contribution < 1.29 is 18.0 Å². The average Bonchev–Trinajstić information content (AvgIpc) is 3.12. The first-order valence-electron chi connectivity index (χ1n) is 8.92. The lowest BCUT2D eigenvalue weighted by atomic mass is 10.1. The van der Waals surface area contributed by atoms with Crippen molar-refractivity contribution in [3.8, 4) is 16.9 Å². The highest BCUT2D eigenvalue weighted by Crippen LogP contribution is 2.33. The number of hydrogen-bond donors (Lipinski definition) is 1. The second-order valence-electron chi connectivity index (χ2n) is 6.49. The Hall–Kier alpha value is -3.09. The van der Waals surface area contributed by atoms with Crippen molar-refractivity contribution in [2.45, 2.75) is 26.4 Å². The van der Waals surface area contributed by atoms with E-state index in [2.05, 4.69) is 10.4 Å². The minimum Gasteiger partial charge on any atom is -0.352 e. The molecule has 1 heterocycles. The van der Waals surface area contributed by atoms with E-state index in [-0.39, 0.29) is 5.91 Å². The Kier molecular flexibility index (Phi) is 5.53. The fraction of sp³-hybridized carbons (Fsp3) is 0.238. The van der Waals surface area contributed by atoms with Crippen LogP contribution >= 0.6 is 0 Å². The Morgan fingerprint density at radius 2 is 1.71 bits per heavy atom. The summed E-state index contributed by atoms with van der Waals surface area (Å²) >= 11 is 0. The van der Waals surface area contributed by atoms with Crippen molar-refractivity contribution in [2.75, 3.05) is 6.54 Å². The third-order valence-electron chi connectivity index (χ3n) is 4.26. The van der Waals surface area contributed by atoms with Crippen LogP contribution in [0.15, 0.2) is 54.6 Å². The number of benzene rings is 2. The zero-order valence-electron chi connectivity index (χ0n) is 15.5. The Bertz CT molecular complexity index is 958. The summed E-state index contributed by atoms with van der Waals surface area (Å²) in [6, 6.07) is 14.6. The maximum atomic E-state index is 13.2. The van der Waals surface area contributed by atoms with Crippen molar-refractivity contribution in [3.63, 3.8) is 0 Å². The summed E-state index contributed by atoms with van der Waals surface area (Å²) in [5.41, 5.74) is 1.88. The zero-order chi connectivity index (χ0) is 20.3. The molecule has 0 aliphatic rings. The second kappa shape index (κ2) is 7.88. The number of hydrogen-bond acceptors (Lipinski definition) is 2. The normalized spacial score (nSPS) is 11.5. The molecular formula is C21H20F3N3O. The van der Waals surface area contributed by atoms with Crippen molar-refractivity contribution in [3.05, 3.63) is 71.4 Å². The van der Waals surface area contributed by atoms with E-state index in [0.717, 1.165) is 18.1 Å². The lowest BCUT2D eigenvalue weighted by Gasteiger charge is -2.09. The van der Waals surface area contributed by atoms with Crippen molar-refractivity contribution in [2.24, 2.45) is 0 Å². The monoisotopic (exact) mass is 387 g/mol. The molecule has 0 spiro atoms. The molecule has 28 heavy (non-hydrogen) atoms. The lowest BCUT2D eigenvalue weighted by molar-refractivity contribution is -0.141. The van der Waals surface area contributed by atoms with Crippen LogP contribution in [0.2, 0.25) is 0 Å². The number of carbonyl (C=O) groups excluding carboxylic acids is 1. The van der Waals surface area contributed by atoms with Crippen LogP contribution in [0.4, 0.5) is 13.2 Å². The number of rotatable bonds is 5. The molecule has 0 bridgehead atoms. The highest BCUT2D eigenvalue weighted by molar-refractivity contribution is 5.94. The SMILES string of the molecule is CCCNC(=O)c1ccc(-n2nc(C(F)(F)F)cc2-c2ccc(C)cc2)cc1. The third kappa shape index (κ3) is 4.24. The highest BCUT2D eigenvalue weighted by Gasteiger charge is 2.35. The van der Waals surface area contributed by atoms with Gasteiger partial charge in [0.15, 0.2) is 5.69 Å². The predicted octanol–water partition coefficient (Wildman–Crippen LogP) is 5.01. The van der Waals surface area contributed by atoms with Crippen molar-refractivity contribution in [1.29, 1.82) is 0 Å². The van der Waals surface area contributed by atoms with Gasteiger partial charge in [0, 0.05) is 17.7 Å². The molecule has 1 N–H and O–H groups in total. The number of nitrogens with one attached hydrogen (secondary N) is 1. The molecule has 0 radical (unpaired) electrons. The van der Waals surface area contributed by atoms with Crippen LogP contribution in [0, 0.1) is 6.92 Å². The molecule has 7 heteroatoms. The Labute approximate surface area is 161 Å². The standard InChI is InChI=1S/C21H20F3N3O/c1-3-12-25-20(28)16-8-10-17(11-9-16)27-18(13-19(26-27)21(22,23)24)15-6-4-14(2)5-7-15/h4-11,13H,3,12H2,1-2H3,(H,25,28). The first-order chi connectivity index (χ1) is 13.3. The largest absolute Gasteiger partial charge is 0.435 e. The van der Waals surface area contributed by atoms with Gasteiger partial charge in [-0.25, -0.2) is 4.68 Å². The van der Waals surface area contributed by atoms with Crippen LogP contribution in [0.25, 0.3) is 16.9 Å². The van der Waals surface area contributed by atoms with E-state index in [0.29, 0.717) is 29.1 Å². The van der Waals surface area contributed by atoms with Gasteiger partial charge in [0.05, 0.1) is 11.4 Å². The highest BCUT2D eigenvalue weighted by atomic mass is 19.4. The summed E-state index contributed by atoms with van der Waals surface area (Å²) in [5, 5.41) is 6.53. The molecule has 0 unspecified atom stereocenters. The van der Waals surface area contributed by atoms with Crippen molar-refractivity contribution >= 4 is 5.91 Å². The van der Waals surface area contributed by atoms with Crippen LogP contribution in [-0.2, 0) is 6.18 Å². The maximum Gasteiger partial charge on any atom is 0.435 e. The van der Waals surface area contributed by atoms with Crippen LogP contribution in [-0.4, -0.2) is 22.2 Å². The van der Waals surface area contributed by atoms with E-state index in [4.69, 9.17) is 0 Å². The molecule has 0 saturated heterocycles. The number of carbonyl (C=O) groups is 1. The van der Waals surface area contributed by atoms with E-state index in [9.17, 15) is 18.0 Å². The number of aryl methyl sites for hydroxylation is 1. The molecule has 0 aliphatic carbocycles. The van der Waals surface area contributed by atoms with Gasteiger partial charge >= 0.3 is 6.18 Å². The van der Waals surface area contributed by atoms with E-state index in [1.54, 1.807) is 36.4 Å². The predicted molar refractivity (Wildman–Crippen MR) is 101 cm³/mol. The van der Waals surface area contributed by atoms with Gasteiger partial charge in [-0.15, -0.1) is 0 Å². The van der Waals surface area contributed by atoms with Crippen LogP contribution < -0.4 is 5.32 Å². The first kappa shape index (κ1) is 19.7. The molecule has 1 aromatic heterocycles. The minimum absolute atomic E-state index is 0.219. The smallest absolute Gasteiger partial charge is 0.352 e. The molecule has 0 fully saturated rings. The zero-order valence-corrected chi connectivity index (χ0v) is 15.5. The summed E-state index contributed by atoms with van der Waals surface area (Å²) < 4.78 is 41.0.